The van der Waals surface area contributed by atoms with Gasteiger partial charge in [0, 0.05) is 5.38 Å². The van der Waals surface area contributed by atoms with Crippen LogP contribution >= 0.6 is 11.3 Å². The minimum atomic E-state index is -0.282. The predicted octanol–water partition coefficient (Wildman–Crippen LogP) is 5.01. The van der Waals surface area contributed by atoms with Crippen LogP contribution in [0, 0.1) is 12.7 Å². The van der Waals surface area contributed by atoms with Crippen LogP contribution in [0.4, 0.5) is 9.52 Å². The molecular weight excluding hydrogens is 365 g/mol. The predicted molar refractivity (Wildman–Crippen MR) is 106 cm³/mol. The van der Waals surface area contributed by atoms with Crippen molar-refractivity contribution >= 4 is 22.7 Å². The zero-order chi connectivity index (χ0) is 19.1. The van der Waals surface area contributed by atoms with Gasteiger partial charge in [0.25, 0.3) is 0 Å². The second-order valence-corrected chi connectivity index (χ2v) is 6.58. The number of aryl methyl sites for hydroxylation is 1. The molecule has 27 heavy (non-hydrogen) atoms. The average Bonchev–Trinajstić information content (AvgIpc) is 3.06. The Hall–Kier alpha value is -2.93. The lowest BCUT2D eigenvalue weighted by atomic mass is 10.2. The van der Waals surface area contributed by atoms with Crippen molar-refractivity contribution in [2.24, 2.45) is 5.10 Å². The highest BCUT2D eigenvalue weighted by Crippen LogP contribution is 2.29. The minimum absolute atomic E-state index is 0.260. The number of rotatable bonds is 8. The molecule has 140 valence electrons. The van der Waals surface area contributed by atoms with E-state index in [1.165, 1.54) is 23.5 Å². The number of anilines is 1. The van der Waals surface area contributed by atoms with Crippen LogP contribution in [0.5, 0.6) is 11.5 Å². The van der Waals surface area contributed by atoms with Crippen LogP contribution in [0.15, 0.2) is 52.9 Å². The highest BCUT2D eigenvalue weighted by atomic mass is 32.1. The Kier molecular flexibility index (Phi) is 6.38. The number of thiazole rings is 1. The van der Waals surface area contributed by atoms with Gasteiger partial charge in [0.1, 0.15) is 12.4 Å². The molecule has 0 atom stereocenters. The summed E-state index contributed by atoms with van der Waals surface area (Å²) in [6.45, 7) is 4.61. The summed E-state index contributed by atoms with van der Waals surface area (Å²) in [5.41, 5.74) is 5.47. The van der Waals surface area contributed by atoms with Crippen LogP contribution in [-0.2, 0) is 6.61 Å². The number of hydrazone groups is 1. The smallest absolute Gasteiger partial charge is 0.203 e. The quantitative estimate of drug-likeness (QED) is 0.437. The van der Waals surface area contributed by atoms with Crippen LogP contribution in [-0.4, -0.2) is 17.8 Å². The largest absolute Gasteiger partial charge is 0.490 e. The van der Waals surface area contributed by atoms with Crippen LogP contribution < -0.4 is 14.9 Å². The molecule has 1 heterocycles. The third-order valence-electron chi connectivity index (χ3n) is 3.54. The summed E-state index contributed by atoms with van der Waals surface area (Å²) < 4.78 is 24.8. The van der Waals surface area contributed by atoms with E-state index in [9.17, 15) is 4.39 Å². The molecule has 1 N–H and O–H groups in total. The maximum absolute atomic E-state index is 13.3. The molecule has 0 radical (unpaired) electrons. The third-order valence-corrected chi connectivity index (χ3v) is 4.41. The van der Waals surface area contributed by atoms with Crippen molar-refractivity contribution in [2.75, 3.05) is 12.0 Å². The zero-order valence-corrected chi connectivity index (χ0v) is 15.9. The molecule has 0 saturated carbocycles. The lowest BCUT2D eigenvalue weighted by Gasteiger charge is -2.12. The van der Waals surface area contributed by atoms with Gasteiger partial charge in [-0.15, -0.1) is 11.3 Å². The number of aromatic nitrogens is 1. The first kappa shape index (κ1) is 18.8. The molecule has 1 aromatic heterocycles. The fraction of sp³-hybridized carbons (Fsp3) is 0.200. The second kappa shape index (κ2) is 9.14. The first-order chi connectivity index (χ1) is 13.1. The number of benzene rings is 2. The van der Waals surface area contributed by atoms with Gasteiger partial charge in [0.2, 0.25) is 5.13 Å². The van der Waals surface area contributed by atoms with Gasteiger partial charge in [0.05, 0.1) is 18.5 Å². The van der Waals surface area contributed by atoms with Gasteiger partial charge >= 0.3 is 0 Å². The Morgan fingerprint density at radius 3 is 2.81 bits per heavy atom. The number of hydrogen-bond donors (Lipinski definition) is 1. The molecular formula is C20H20FN3O2S. The van der Waals surface area contributed by atoms with Crippen molar-refractivity contribution in [2.45, 2.75) is 20.5 Å². The van der Waals surface area contributed by atoms with Gasteiger partial charge in [-0.1, -0.05) is 12.1 Å². The van der Waals surface area contributed by atoms with Gasteiger partial charge < -0.3 is 9.47 Å². The molecule has 0 aliphatic rings. The van der Waals surface area contributed by atoms with Crippen LogP contribution in [0.25, 0.3) is 0 Å². The summed E-state index contributed by atoms with van der Waals surface area (Å²) in [5.74, 6) is 0.931. The van der Waals surface area contributed by atoms with Crippen LogP contribution in [0.3, 0.4) is 0 Å². The summed E-state index contributed by atoms with van der Waals surface area (Å²) in [5, 5.41) is 6.89. The van der Waals surface area contributed by atoms with E-state index < -0.39 is 0 Å². The second-order valence-electron chi connectivity index (χ2n) is 5.72. The Labute approximate surface area is 161 Å². The van der Waals surface area contributed by atoms with Gasteiger partial charge in [-0.2, -0.15) is 5.10 Å². The monoisotopic (exact) mass is 385 g/mol. The van der Waals surface area contributed by atoms with Crippen LogP contribution in [0.1, 0.15) is 23.7 Å². The van der Waals surface area contributed by atoms with Gasteiger partial charge in [-0.3, -0.25) is 5.43 Å². The summed E-state index contributed by atoms with van der Waals surface area (Å²) >= 11 is 1.50. The van der Waals surface area contributed by atoms with Gasteiger partial charge in [-0.25, -0.2) is 9.37 Å². The summed E-state index contributed by atoms with van der Waals surface area (Å²) in [6, 6.07) is 11.9. The maximum Gasteiger partial charge on any atom is 0.203 e. The molecule has 0 amide bonds. The molecule has 3 aromatic rings. The Morgan fingerprint density at radius 2 is 2.07 bits per heavy atom. The zero-order valence-electron chi connectivity index (χ0n) is 15.1. The number of halogens is 1. The highest BCUT2D eigenvalue weighted by molar-refractivity contribution is 7.13. The van der Waals surface area contributed by atoms with Gasteiger partial charge in [-0.05, 0) is 55.3 Å². The van der Waals surface area contributed by atoms with Crippen LogP contribution in [0.2, 0.25) is 0 Å². The van der Waals surface area contributed by atoms with Crippen molar-refractivity contribution in [3.63, 3.8) is 0 Å². The molecule has 0 aliphatic heterocycles. The highest BCUT2D eigenvalue weighted by Gasteiger charge is 2.07. The van der Waals surface area contributed by atoms with E-state index in [0.717, 1.165) is 22.0 Å². The fourth-order valence-electron chi connectivity index (χ4n) is 2.35. The fourth-order valence-corrected chi connectivity index (χ4v) is 2.98. The van der Waals surface area contributed by atoms with Crippen molar-refractivity contribution in [1.29, 1.82) is 0 Å². The van der Waals surface area contributed by atoms with Crippen molar-refractivity contribution in [1.82, 2.24) is 4.98 Å². The molecule has 0 aliphatic carbocycles. The molecule has 0 fully saturated rings. The third kappa shape index (κ3) is 5.52. The Bertz CT molecular complexity index is 927. The van der Waals surface area contributed by atoms with E-state index >= 15 is 0 Å². The van der Waals surface area contributed by atoms with Gasteiger partial charge in [0.15, 0.2) is 11.5 Å². The lowest BCUT2D eigenvalue weighted by molar-refractivity contribution is 0.269. The van der Waals surface area contributed by atoms with E-state index in [1.54, 1.807) is 12.3 Å². The summed E-state index contributed by atoms with van der Waals surface area (Å²) in [6.07, 6.45) is 1.69. The van der Waals surface area contributed by atoms with Crippen molar-refractivity contribution in [3.8, 4) is 11.5 Å². The topological polar surface area (TPSA) is 55.7 Å². The first-order valence-electron chi connectivity index (χ1n) is 8.49. The molecule has 5 nitrogen and oxygen atoms in total. The minimum Gasteiger partial charge on any atom is -0.490 e. The number of nitrogens with zero attached hydrogens (tertiary/aromatic N) is 2. The lowest BCUT2D eigenvalue weighted by Crippen LogP contribution is -2.01. The Morgan fingerprint density at radius 1 is 1.19 bits per heavy atom. The Balaban J connectivity index is 1.68. The molecule has 0 bridgehead atoms. The average molecular weight is 385 g/mol. The SMILES string of the molecule is CCOc1cc(C=NNc2nc(C)cs2)ccc1OCc1cccc(F)c1. The summed E-state index contributed by atoms with van der Waals surface area (Å²) in [7, 11) is 0. The van der Waals surface area contributed by atoms with E-state index in [4.69, 9.17) is 9.47 Å². The number of ether oxygens (including phenoxy) is 2. The molecule has 3 rings (SSSR count). The first-order valence-corrected chi connectivity index (χ1v) is 9.37. The molecule has 0 saturated heterocycles. The molecule has 2 aromatic carbocycles. The molecule has 0 unspecified atom stereocenters. The van der Waals surface area contributed by atoms with Crippen molar-refractivity contribution < 1.29 is 13.9 Å². The summed E-state index contributed by atoms with van der Waals surface area (Å²) in [4.78, 5) is 4.28. The number of nitrogens with one attached hydrogen (secondary N) is 1. The van der Waals surface area contributed by atoms with E-state index in [0.29, 0.717) is 18.1 Å². The standard InChI is InChI=1S/C20H20FN3O2S/c1-3-25-19-10-15(11-22-24-20-23-14(2)13-27-20)7-8-18(19)26-12-16-5-4-6-17(21)9-16/h4-11,13H,3,12H2,1-2H3,(H,23,24). The van der Waals surface area contributed by atoms with E-state index in [-0.39, 0.29) is 12.4 Å². The van der Waals surface area contributed by atoms with E-state index in [2.05, 4.69) is 15.5 Å². The van der Waals surface area contributed by atoms with E-state index in [1.807, 2.05) is 43.5 Å². The van der Waals surface area contributed by atoms with Crippen molar-refractivity contribution in [3.05, 3.63) is 70.5 Å². The number of hydrogen-bond acceptors (Lipinski definition) is 6. The molecule has 0 spiro atoms. The molecule has 7 heteroatoms. The maximum atomic E-state index is 13.3. The normalized spacial score (nSPS) is 10.9.